The number of aromatic nitrogens is 3. The van der Waals surface area contributed by atoms with Crippen LogP contribution in [0.4, 0.5) is 5.82 Å². The van der Waals surface area contributed by atoms with Crippen LogP contribution in [0.5, 0.6) is 0 Å². The van der Waals surface area contributed by atoms with Gasteiger partial charge in [-0.2, -0.15) is 5.10 Å². The molecule has 86 valence electrons. The van der Waals surface area contributed by atoms with Gasteiger partial charge in [-0.25, -0.2) is 9.50 Å². The number of rotatable bonds is 2. The molecule has 4 heteroatoms. The number of hydrogen-bond donors (Lipinski definition) is 1. The molecule has 2 heterocycles. The maximum absolute atomic E-state index is 4.36. The summed E-state index contributed by atoms with van der Waals surface area (Å²) < 4.78 is 1.82. The van der Waals surface area contributed by atoms with Crippen molar-refractivity contribution in [3.05, 3.63) is 24.7 Å². The smallest absolute Gasteiger partial charge is 0.152 e. The molecule has 0 aliphatic rings. The van der Waals surface area contributed by atoms with Crippen molar-refractivity contribution in [3.8, 4) is 0 Å². The van der Waals surface area contributed by atoms with Gasteiger partial charge in [0.15, 0.2) is 5.82 Å². The Kier molecular flexibility index (Phi) is 2.58. The van der Waals surface area contributed by atoms with Crippen molar-refractivity contribution in [2.75, 3.05) is 5.32 Å². The molecule has 1 atom stereocenters. The van der Waals surface area contributed by atoms with Gasteiger partial charge in [0.25, 0.3) is 0 Å². The Morgan fingerprint density at radius 1 is 1.31 bits per heavy atom. The average molecular weight is 218 g/mol. The summed E-state index contributed by atoms with van der Waals surface area (Å²) in [7, 11) is 0. The van der Waals surface area contributed by atoms with Gasteiger partial charge in [-0.1, -0.05) is 20.8 Å². The van der Waals surface area contributed by atoms with Crippen molar-refractivity contribution in [2.24, 2.45) is 5.41 Å². The first kappa shape index (κ1) is 10.9. The highest BCUT2D eigenvalue weighted by Gasteiger charge is 2.20. The van der Waals surface area contributed by atoms with Gasteiger partial charge in [0.2, 0.25) is 0 Å². The van der Waals surface area contributed by atoms with E-state index in [0.29, 0.717) is 6.04 Å². The third-order valence-corrected chi connectivity index (χ3v) is 2.98. The second-order valence-electron chi connectivity index (χ2n) is 5.17. The molecule has 0 saturated heterocycles. The zero-order valence-electron chi connectivity index (χ0n) is 10.2. The molecule has 16 heavy (non-hydrogen) atoms. The lowest BCUT2D eigenvalue weighted by Crippen LogP contribution is -2.31. The highest BCUT2D eigenvalue weighted by molar-refractivity contribution is 5.67. The van der Waals surface area contributed by atoms with E-state index in [9.17, 15) is 0 Å². The monoisotopic (exact) mass is 218 g/mol. The molecule has 2 aromatic heterocycles. The Balaban J connectivity index is 2.31. The molecule has 0 amide bonds. The van der Waals surface area contributed by atoms with Gasteiger partial charge in [-0.15, -0.1) is 0 Å². The summed E-state index contributed by atoms with van der Waals surface area (Å²) in [5.41, 5.74) is 1.22. The third-order valence-electron chi connectivity index (χ3n) is 2.98. The maximum atomic E-state index is 4.36. The largest absolute Gasteiger partial charge is 0.365 e. The van der Waals surface area contributed by atoms with Crippen molar-refractivity contribution in [1.82, 2.24) is 14.6 Å². The average Bonchev–Trinajstić information content (AvgIpc) is 2.65. The summed E-state index contributed by atoms with van der Waals surface area (Å²) in [6.07, 6.45) is 5.39. The lowest BCUT2D eigenvalue weighted by molar-refractivity contribution is 0.359. The second kappa shape index (κ2) is 3.77. The first-order chi connectivity index (χ1) is 7.48. The van der Waals surface area contributed by atoms with Crippen LogP contribution in [0.25, 0.3) is 5.52 Å². The number of nitrogens with zero attached hydrogens (tertiary/aromatic N) is 3. The zero-order chi connectivity index (χ0) is 11.8. The van der Waals surface area contributed by atoms with Crippen molar-refractivity contribution in [2.45, 2.75) is 33.7 Å². The molecule has 1 unspecified atom stereocenters. The highest BCUT2D eigenvalue weighted by Crippen LogP contribution is 2.23. The minimum absolute atomic E-state index is 0.203. The summed E-state index contributed by atoms with van der Waals surface area (Å²) in [6, 6.07) is 2.31. The van der Waals surface area contributed by atoms with E-state index >= 15 is 0 Å². The van der Waals surface area contributed by atoms with E-state index < -0.39 is 0 Å². The molecule has 2 aromatic rings. The molecule has 0 radical (unpaired) electrons. The van der Waals surface area contributed by atoms with Crippen LogP contribution in [-0.2, 0) is 0 Å². The Hall–Kier alpha value is -1.58. The maximum Gasteiger partial charge on any atom is 0.152 e. The van der Waals surface area contributed by atoms with E-state index in [1.54, 1.807) is 12.4 Å². The fraction of sp³-hybridized carbons (Fsp3) is 0.500. The summed E-state index contributed by atoms with van der Waals surface area (Å²) in [4.78, 5) is 4.36. The van der Waals surface area contributed by atoms with Crippen molar-refractivity contribution >= 4 is 11.3 Å². The number of fused-ring (bicyclic) bond motifs is 1. The van der Waals surface area contributed by atoms with Crippen LogP contribution in [0.2, 0.25) is 0 Å². The van der Waals surface area contributed by atoms with Gasteiger partial charge in [0.05, 0.1) is 6.20 Å². The van der Waals surface area contributed by atoms with Crippen molar-refractivity contribution < 1.29 is 0 Å². The Bertz CT molecular complexity index is 481. The minimum atomic E-state index is 0.203. The van der Waals surface area contributed by atoms with Crippen LogP contribution in [0, 0.1) is 5.41 Å². The van der Waals surface area contributed by atoms with Gasteiger partial charge >= 0.3 is 0 Å². The van der Waals surface area contributed by atoms with Crippen LogP contribution in [0.3, 0.4) is 0 Å². The predicted molar refractivity (Wildman–Crippen MR) is 65.5 cm³/mol. The fourth-order valence-corrected chi connectivity index (χ4v) is 1.39. The van der Waals surface area contributed by atoms with E-state index in [1.165, 1.54) is 0 Å². The first-order valence-corrected chi connectivity index (χ1v) is 5.53. The van der Waals surface area contributed by atoms with E-state index in [2.05, 4.69) is 43.1 Å². The van der Waals surface area contributed by atoms with Crippen molar-refractivity contribution in [1.29, 1.82) is 0 Å². The summed E-state index contributed by atoms with van der Waals surface area (Å²) >= 11 is 0. The standard InChI is InChI=1S/C12H18N4/c1-9(12(2,3)4)15-11-10-5-6-14-16(10)8-7-13-11/h5-9H,1-4H3,(H,13,15). The molecular weight excluding hydrogens is 200 g/mol. The molecule has 0 saturated carbocycles. The van der Waals surface area contributed by atoms with Crippen molar-refractivity contribution in [3.63, 3.8) is 0 Å². The number of nitrogens with one attached hydrogen (secondary N) is 1. The Labute approximate surface area is 95.7 Å². The van der Waals surface area contributed by atoms with Gasteiger partial charge in [0, 0.05) is 18.4 Å². The lowest BCUT2D eigenvalue weighted by atomic mass is 9.88. The lowest BCUT2D eigenvalue weighted by Gasteiger charge is -2.28. The molecule has 0 aliphatic carbocycles. The summed E-state index contributed by atoms with van der Waals surface area (Å²) in [5, 5.41) is 7.62. The second-order valence-corrected chi connectivity index (χ2v) is 5.17. The quantitative estimate of drug-likeness (QED) is 0.842. The highest BCUT2D eigenvalue weighted by atomic mass is 15.2. The van der Waals surface area contributed by atoms with Crippen LogP contribution in [0.15, 0.2) is 24.7 Å². The fourth-order valence-electron chi connectivity index (χ4n) is 1.39. The SMILES string of the molecule is CC(Nc1nccn2nccc12)C(C)(C)C. The Morgan fingerprint density at radius 2 is 2.06 bits per heavy atom. The normalized spacial score (nSPS) is 14.0. The topological polar surface area (TPSA) is 42.2 Å². The van der Waals surface area contributed by atoms with Crippen LogP contribution in [-0.4, -0.2) is 20.6 Å². The number of hydrogen-bond acceptors (Lipinski definition) is 3. The van der Waals surface area contributed by atoms with Crippen LogP contribution >= 0.6 is 0 Å². The third kappa shape index (κ3) is 2.01. The van der Waals surface area contributed by atoms with Gasteiger partial charge < -0.3 is 5.32 Å². The van der Waals surface area contributed by atoms with Gasteiger partial charge in [0.1, 0.15) is 5.52 Å². The first-order valence-electron chi connectivity index (χ1n) is 5.53. The van der Waals surface area contributed by atoms with E-state index in [-0.39, 0.29) is 5.41 Å². The van der Waals surface area contributed by atoms with Gasteiger partial charge in [-0.3, -0.25) is 0 Å². The summed E-state index contributed by atoms with van der Waals surface area (Å²) in [6.45, 7) is 8.80. The summed E-state index contributed by atoms with van der Waals surface area (Å²) in [5.74, 6) is 0.891. The minimum Gasteiger partial charge on any atom is -0.365 e. The molecule has 0 aliphatic heterocycles. The van der Waals surface area contributed by atoms with E-state index in [4.69, 9.17) is 0 Å². The molecule has 4 nitrogen and oxygen atoms in total. The molecule has 0 bridgehead atoms. The van der Waals surface area contributed by atoms with E-state index in [1.807, 2.05) is 16.8 Å². The zero-order valence-corrected chi connectivity index (χ0v) is 10.2. The molecule has 1 N–H and O–H groups in total. The number of anilines is 1. The Morgan fingerprint density at radius 3 is 2.75 bits per heavy atom. The predicted octanol–water partition coefficient (Wildman–Crippen LogP) is 2.58. The van der Waals surface area contributed by atoms with Crippen LogP contribution in [0.1, 0.15) is 27.7 Å². The van der Waals surface area contributed by atoms with E-state index in [0.717, 1.165) is 11.3 Å². The molecule has 0 spiro atoms. The molecule has 0 aromatic carbocycles. The molecule has 0 fully saturated rings. The van der Waals surface area contributed by atoms with Crippen LogP contribution < -0.4 is 5.32 Å². The van der Waals surface area contributed by atoms with Gasteiger partial charge in [-0.05, 0) is 18.4 Å². The molecule has 2 rings (SSSR count). The molecular formula is C12H18N4.